The summed E-state index contributed by atoms with van der Waals surface area (Å²) in [5.41, 5.74) is 5.77. The average molecular weight is 786 g/mol. The van der Waals surface area contributed by atoms with Crippen LogP contribution in [0, 0.1) is 5.82 Å². The Labute approximate surface area is 339 Å². The number of morpholine rings is 1. The highest BCUT2D eigenvalue weighted by Crippen LogP contribution is 2.32. The summed E-state index contributed by atoms with van der Waals surface area (Å²) < 4.78 is 26.5. The molecule has 2 atom stereocenters. The van der Waals surface area contributed by atoms with Crippen LogP contribution >= 0.6 is 0 Å². The number of benzene rings is 3. The molecular formula is C46H52FN7O4. The van der Waals surface area contributed by atoms with Crippen molar-refractivity contribution in [1.29, 1.82) is 0 Å². The molecule has 0 spiro atoms. The van der Waals surface area contributed by atoms with Gasteiger partial charge >= 0.3 is 0 Å². The van der Waals surface area contributed by atoms with Crippen LogP contribution in [0.2, 0.25) is 0 Å². The number of hydrogen-bond donors (Lipinski definition) is 3. The van der Waals surface area contributed by atoms with Crippen LogP contribution < -0.4 is 20.7 Å². The Bertz CT molecular complexity index is 2230. The summed E-state index contributed by atoms with van der Waals surface area (Å²) in [5.74, 6) is -0.771. The van der Waals surface area contributed by atoms with E-state index in [-0.39, 0.29) is 29.4 Å². The van der Waals surface area contributed by atoms with Crippen molar-refractivity contribution in [2.75, 3.05) is 39.4 Å². The summed E-state index contributed by atoms with van der Waals surface area (Å²) in [6.45, 7) is 11.4. The minimum Gasteiger partial charge on any atom is -0.438 e. The van der Waals surface area contributed by atoms with Gasteiger partial charge in [-0.05, 0) is 92.1 Å². The van der Waals surface area contributed by atoms with Crippen molar-refractivity contribution in [1.82, 2.24) is 35.7 Å². The Morgan fingerprint density at radius 1 is 0.828 bits per heavy atom. The van der Waals surface area contributed by atoms with Crippen LogP contribution in [0.15, 0.2) is 91.1 Å². The smallest absolute Gasteiger partial charge is 0.270 e. The average Bonchev–Trinajstić information content (AvgIpc) is 3.22. The van der Waals surface area contributed by atoms with Crippen molar-refractivity contribution in [2.24, 2.45) is 0 Å². The molecule has 0 bridgehead atoms. The standard InChI is InChI=1S/C46H52FN7O4/c1-30-26-54(27-31(2)49-30)28-32-10-16-40(35(22-32)29-53-18-20-57-21-19-53)34-7-5-8-39(23-34)58-46-41(24-36(47)25-48-46)44(55)50-37-12-14-38(15-13-37)51-45(56)43-17-11-33-6-3-4-9-42(33)52-43/h3-11,16-17,22-25,30-31,37-38,49H,12-15,18-21,26-29H2,1-2H3,(H,50,55)(H,51,56)/t30-,31+,37?,38?. The number of aromatic nitrogens is 2. The normalized spacial score (nSPS) is 21.7. The molecule has 3 fully saturated rings. The lowest BCUT2D eigenvalue weighted by Gasteiger charge is -2.36. The highest BCUT2D eigenvalue weighted by Gasteiger charge is 2.27. The third-order valence-corrected chi connectivity index (χ3v) is 11.4. The lowest BCUT2D eigenvalue weighted by Crippen LogP contribution is -2.53. The van der Waals surface area contributed by atoms with Gasteiger partial charge in [0.2, 0.25) is 5.88 Å². The monoisotopic (exact) mass is 785 g/mol. The molecule has 3 aromatic carbocycles. The molecule has 302 valence electrons. The Hall–Kier alpha value is -5.27. The first kappa shape index (κ1) is 39.6. The van der Waals surface area contributed by atoms with Gasteiger partial charge < -0.3 is 25.4 Å². The fourth-order valence-electron chi connectivity index (χ4n) is 8.59. The maximum absolute atomic E-state index is 14.6. The first-order valence-electron chi connectivity index (χ1n) is 20.5. The van der Waals surface area contributed by atoms with Gasteiger partial charge in [0, 0.05) is 68.8 Å². The van der Waals surface area contributed by atoms with Crippen LogP contribution in [0.4, 0.5) is 4.39 Å². The maximum Gasteiger partial charge on any atom is 0.270 e. The number of carbonyl (C=O) groups is 2. The zero-order valence-corrected chi connectivity index (χ0v) is 33.3. The summed E-state index contributed by atoms with van der Waals surface area (Å²) >= 11 is 0. The molecule has 4 heterocycles. The molecule has 3 aliphatic rings. The molecule has 2 saturated heterocycles. The second-order valence-corrected chi connectivity index (χ2v) is 16.1. The van der Waals surface area contributed by atoms with E-state index in [4.69, 9.17) is 9.47 Å². The van der Waals surface area contributed by atoms with Gasteiger partial charge in [-0.1, -0.05) is 54.6 Å². The zero-order valence-electron chi connectivity index (χ0n) is 33.3. The van der Waals surface area contributed by atoms with Gasteiger partial charge in [0.25, 0.3) is 11.8 Å². The molecule has 1 aliphatic carbocycles. The second kappa shape index (κ2) is 18.1. The van der Waals surface area contributed by atoms with Crippen LogP contribution in [-0.4, -0.2) is 95.1 Å². The Morgan fingerprint density at radius 3 is 2.34 bits per heavy atom. The van der Waals surface area contributed by atoms with E-state index in [2.05, 4.69) is 73.8 Å². The van der Waals surface area contributed by atoms with E-state index in [1.165, 1.54) is 17.2 Å². The fourth-order valence-corrected chi connectivity index (χ4v) is 8.59. The van der Waals surface area contributed by atoms with Crippen LogP contribution in [0.25, 0.3) is 22.0 Å². The van der Waals surface area contributed by atoms with E-state index < -0.39 is 11.7 Å². The molecule has 0 radical (unpaired) electrons. The van der Waals surface area contributed by atoms with Gasteiger partial charge in [0.1, 0.15) is 22.8 Å². The SMILES string of the molecule is C[C@@H]1CN(Cc2ccc(-c3cccc(Oc4ncc(F)cc4C(=O)NC4CCC(NC(=O)c5ccc6ccccc6n5)CC4)c3)c(CN3CCOCC3)c2)C[C@H](C)N1. The lowest BCUT2D eigenvalue weighted by atomic mass is 9.91. The number of carbonyl (C=O) groups excluding carboxylic acids is 2. The number of rotatable bonds is 11. The molecular weight excluding hydrogens is 734 g/mol. The van der Waals surface area contributed by atoms with E-state index >= 15 is 0 Å². The third-order valence-electron chi connectivity index (χ3n) is 11.4. The third kappa shape index (κ3) is 9.87. The van der Waals surface area contributed by atoms with E-state index in [9.17, 15) is 14.0 Å². The molecule has 12 heteroatoms. The van der Waals surface area contributed by atoms with Crippen molar-refractivity contribution in [3.05, 3.63) is 119 Å². The number of para-hydroxylation sites is 1. The van der Waals surface area contributed by atoms with Crippen molar-refractivity contribution in [2.45, 2.75) is 76.8 Å². The first-order valence-corrected chi connectivity index (χ1v) is 20.5. The first-order chi connectivity index (χ1) is 28.2. The van der Waals surface area contributed by atoms with Gasteiger partial charge in [-0.2, -0.15) is 0 Å². The van der Waals surface area contributed by atoms with Gasteiger partial charge in [-0.3, -0.25) is 19.4 Å². The quantitative estimate of drug-likeness (QED) is 0.134. The maximum atomic E-state index is 14.6. The molecule has 3 N–H and O–H groups in total. The number of ether oxygens (including phenoxy) is 2. The molecule has 2 aromatic heterocycles. The number of halogens is 1. The predicted molar refractivity (Wildman–Crippen MR) is 222 cm³/mol. The van der Waals surface area contributed by atoms with Gasteiger partial charge in [0.05, 0.1) is 24.9 Å². The molecule has 58 heavy (non-hydrogen) atoms. The summed E-state index contributed by atoms with van der Waals surface area (Å²) in [5, 5.41) is 10.8. The molecule has 2 amide bonds. The Kier molecular flexibility index (Phi) is 12.4. The highest BCUT2D eigenvalue weighted by atomic mass is 19.1. The minimum absolute atomic E-state index is 0.0251. The molecule has 11 nitrogen and oxygen atoms in total. The Morgan fingerprint density at radius 2 is 1.57 bits per heavy atom. The topological polar surface area (TPSA) is 121 Å². The second-order valence-electron chi connectivity index (χ2n) is 16.1. The van der Waals surface area contributed by atoms with E-state index in [0.717, 1.165) is 80.7 Å². The van der Waals surface area contributed by atoms with Crippen molar-refractivity contribution in [3.63, 3.8) is 0 Å². The van der Waals surface area contributed by atoms with Crippen LogP contribution in [0.5, 0.6) is 11.6 Å². The molecule has 0 unspecified atom stereocenters. The number of pyridine rings is 2. The number of piperazine rings is 1. The fraction of sp³-hybridized carbons (Fsp3) is 0.391. The van der Waals surface area contributed by atoms with E-state index in [1.54, 1.807) is 6.07 Å². The van der Waals surface area contributed by atoms with Gasteiger partial charge in [0.15, 0.2) is 0 Å². The van der Waals surface area contributed by atoms with Crippen LogP contribution in [-0.2, 0) is 17.8 Å². The van der Waals surface area contributed by atoms with Crippen molar-refractivity contribution in [3.8, 4) is 22.8 Å². The number of nitrogens with one attached hydrogen (secondary N) is 3. The van der Waals surface area contributed by atoms with E-state index in [1.807, 2.05) is 48.5 Å². The minimum atomic E-state index is -0.627. The summed E-state index contributed by atoms with van der Waals surface area (Å²) in [6, 6.07) is 27.7. The number of nitrogens with zero attached hydrogens (tertiary/aromatic N) is 4. The zero-order chi connectivity index (χ0) is 40.0. The van der Waals surface area contributed by atoms with E-state index in [0.29, 0.717) is 49.2 Å². The lowest BCUT2D eigenvalue weighted by molar-refractivity contribution is 0.0342. The summed E-state index contributed by atoms with van der Waals surface area (Å²) in [7, 11) is 0. The number of fused-ring (bicyclic) bond motifs is 1. The summed E-state index contributed by atoms with van der Waals surface area (Å²) in [6.07, 6.45) is 3.74. The molecule has 1 saturated carbocycles. The molecule has 5 aromatic rings. The van der Waals surface area contributed by atoms with Crippen molar-refractivity contribution < 1.29 is 23.5 Å². The van der Waals surface area contributed by atoms with Crippen LogP contribution in [0.3, 0.4) is 0 Å². The molecule has 8 rings (SSSR count). The van der Waals surface area contributed by atoms with Gasteiger partial charge in [-0.25, -0.2) is 14.4 Å². The Balaban J connectivity index is 0.931. The predicted octanol–water partition coefficient (Wildman–Crippen LogP) is 6.71. The van der Waals surface area contributed by atoms with Crippen molar-refractivity contribution >= 4 is 22.7 Å². The largest absolute Gasteiger partial charge is 0.438 e. The molecule has 2 aliphatic heterocycles. The van der Waals surface area contributed by atoms with Gasteiger partial charge in [-0.15, -0.1) is 0 Å². The summed E-state index contributed by atoms with van der Waals surface area (Å²) in [4.78, 5) is 40.4. The number of amides is 2. The van der Waals surface area contributed by atoms with Crippen LogP contribution in [0.1, 0.15) is 71.5 Å². The highest BCUT2D eigenvalue weighted by molar-refractivity contribution is 5.97. The number of hydrogen-bond acceptors (Lipinski definition) is 9.